The summed E-state index contributed by atoms with van der Waals surface area (Å²) < 4.78 is 1.86. The number of hydrogen-bond acceptors (Lipinski definition) is 5. The number of carbonyl (C=O) groups is 1. The zero-order valence-corrected chi connectivity index (χ0v) is 16.4. The predicted molar refractivity (Wildman–Crippen MR) is 106 cm³/mol. The van der Waals surface area contributed by atoms with Crippen molar-refractivity contribution in [3.63, 3.8) is 0 Å². The summed E-state index contributed by atoms with van der Waals surface area (Å²) in [6.45, 7) is 0. The van der Waals surface area contributed by atoms with E-state index in [0.717, 1.165) is 24.1 Å². The van der Waals surface area contributed by atoms with Gasteiger partial charge in [0, 0.05) is 24.0 Å². The zero-order chi connectivity index (χ0) is 18.8. The summed E-state index contributed by atoms with van der Waals surface area (Å²) in [6, 6.07) is 9.38. The number of amides is 1. The SMILES string of the molecule is O=C(CSc1nnc(-c2cccnc2)n1-c1ccc(Cl)c(Cl)c1)NC1CC1. The van der Waals surface area contributed by atoms with Crippen LogP contribution in [0.3, 0.4) is 0 Å². The lowest BCUT2D eigenvalue weighted by Gasteiger charge is -2.11. The van der Waals surface area contributed by atoms with E-state index >= 15 is 0 Å². The third-order valence-electron chi connectivity index (χ3n) is 3.99. The van der Waals surface area contributed by atoms with Gasteiger partial charge < -0.3 is 5.32 Å². The first-order chi connectivity index (χ1) is 13.1. The van der Waals surface area contributed by atoms with Crippen LogP contribution in [0.15, 0.2) is 47.9 Å². The summed E-state index contributed by atoms with van der Waals surface area (Å²) >= 11 is 13.6. The maximum atomic E-state index is 12.1. The molecule has 138 valence electrons. The molecule has 1 aliphatic carbocycles. The van der Waals surface area contributed by atoms with Gasteiger partial charge in [-0.05, 0) is 43.2 Å². The number of thioether (sulfide) groups is 1. The van der Waals surface area contributed by atoms with Crippen molar-refractivity contribution in [2.24, 2.45) is 0 Å². The molecule has 1 saturated carbocycles. The second kappa shape index (κ2) is 7.88. The average Bonchev–Trinajstić information content (AvgIpc) is 3.38. The van der Waals surface area contributed by atoms with Crippen molar-refractivity contribution >= 4 is 40.9 Å². The molecule has 0 atom stereocenters. The molecule has 1 amide bonds. The third kappa shape index (κ3) is 4.26. The molecule has 0 spiro atoms. The van der Waals surface area contributed by atoms with E-state index in [0.29, 0.717) is 27.1 Å². The standard InChI is InChI=1S/C18H15Cl2N5OS/c19-14-6-5-13(8-15(14)20)25-17(11-2-1-7-21-9-11)23-24-18(25)27-10-16(26)22-12-3-4-12/h1-2,5-9,12H,3-4,10H2,(H,22,26). The molecule has 1 aromatic carbocycles. The molecule has 0 unspecified atom stereocenters. The van der Waals surface area contributed by atoms with E-state index in [2.05, 4.69) is 20.5 Å². The number of pyridine rings is 1. The molecule has 2 heterocycles. The Morgan fingerprint density at radius 1 is 1.22 bits per heavy atom. The van der Waals surface area contributed by atoms with E-state index in [1.54, 1.807) is 24.5 Å². The number of halogens is 2. The van der Waals surface area contributed by atoms with Gasteiger partial charge in [0.1, 0.15) is 0 Å². The lowest BCUT2D eigenvalue weighted by molar-refractivity contribution is -0.118. The monoisotopic (exact) mass is 419 g/mol. The number of hydrogen-bond donors (Lipinski definition) is 1. The second-order valence-electron chi connectivity index (χ2n) is 6.11. The lowest BCUT2D eigenvalue weighted by Crippen LogP contribution is -2.27. The van der Waals surface area contributed by atoms with Gasteiger partial charge in [-0.15, -0.1) is 10.2 Å². The fourth-order valence-corrected chi connectivity index (χ4v) is 3.58. The largest absolute Gasteiger partial charge is 0.353 e. The molecule has 1 aliphatic rings. The van der Waals surface area contributed by atoms with Crippen LogP contribution in [0.4, 0.5) is 0 Å². The first-order valence-corrected chi connectivity index (χ1v) is 10.1. The van der Waals surface area contributed by atoms with Crippen LogP contribution in [0.5, 0.6) is 0 Å². The van der Waals surface area contributed by atoms with E-state index in [1.807, 2.05) is 22.8 Å². The van der Waals surface area contributed by atoms with Crippen molar-refractivity contribution in [2.45, 2.75) is 24.0 Å². The smallest absolute Gasteiger partial charge is 0.230 e. The van der Waals surface area contributed by atoms with Crippen LogP contribution in [-0.4, -0.2) is 37.5 Å². The van der Waals surface area contributed by atoms with Crippen LogP contribution < -0.4 is 5.32 Å². The molecule has 1 fully saturated rings. The number of nitrogens with zero attached hydrogens (tertiary/aromatic N) is 4. The molecule has 0 radical (unpaired) electrons. The van der Waals surface area contributed by atoms with Gasteiger partial charge in [-0.2, -0.15) is 0 Å². The van der Waals surface area contributed by atoms with Crippen LogP contribution in [0.25, 0.3) is 17.1 Å². The quantitative estimate of drug-likeness (QED) is 0.611. The van der Waals surface area contributed by atoms with E-state index in [4.69, 9.17) is 23.2 Å². The van der Waals surface area contributed by atoms with Crippen molar-refractivity contribution in [2.75, 3.05) is 5.75 Å². The minimum absolute atomic E-state index is 0.00545. The molecule has 1 N–H and O–H groups in total. The van der Waals surface area contributed by atoms with Gasteiger partial charge in [-0.25, -0.2) is 0 Å². The van der Waals surface area contributed by atoms with Gasteiger partial charge >= 0.3 is 0 Å². The maximum Gasteiger partial charge on any atom is 0.230 e. The number of carbonyl (C=O) groups excluding carboxylic acids is 1. The minimum Gasteiger partial charge on any atom is -0.353 e. The Morgan fingerprint density at radius 2 is 2.07 bits per heavy atom. The lowest BCUT2D eigenvalue weighted by atomic mass is 10.2. The molecular formula is C18H15Cl2N5OS. The van der Waals surface area contributed by atoms with Crippen LogP contribution in [0.1, 0.15) is 12.8 Å². The van der Waals surface area contributed by atoms with E-state index in [-0.39, 0.29) is 11.7 Å². The summed E-state index contributed by atoms with van der Waals surface area (Å²) in [7, 11) is 0. The molecule has 0 saturated heterocycles. The molecule has 27 heavy (non-hydrogen) atoms. The number of rotatable bonds is 6. The second-order valence-corrected chi connectivity index (χ2v) is 7.87. The molecular weight excluding hydrogens is 405 g/mol. The van der Waals surface area contributed by atoms with Crippen LogP contribution in [0.2, 0.25) is 10.0 Å². The zero-order valence-electron chi connectivity index (χ0n) is 14.1. The molecule has 3 aromatic rings. The fraction of sp³-hybridized carbons (Fsp3) is 0.222. The Hall–Kier alpha value is -2.09. The molecule has 2 aromatic heterocycles. The molecule has 4 rings (SSSR count). The van der Waals surface area contributed by atoms with Crippen molar-refractivity contribution in [3.05, 3.63) is 52.8 Å². The molecule has 0 aliphatic heterocycles. The average molecular weight is 420 g/mol. The Balaban J connectivity index is 1.68. The minimum atomic E-state index is -0.00545. The summed E-state index contributed by atoms with van der Waals surface area (Å²) in [6.07, 6.45) is 5.52. The van der Waals surface area contributed by atoms with Crippen molar-refractivity contribution in [3.8, 4) is 17.1 Å². The topological polar surface area (TPSA) is 72.7 Å². The fourth-order valence-electron chi connectivity index (χ4n) is 2.53. The Labute approximate surface area is 170 Å². The van der Waals surface area contributed by atoms with Gasteiger partial charge in [-0.3, -0.25) is 14.3 Å². The van der Waals surface area contributed by atoms with Crippen molar-refractivity contribution in [1.82, 2.24) is 25.1 Å². The predicted octanol–water partition coefficient (Wildman–Crippen LogP) is 4.01. The van der Waals surface area contributed by atoms with Crippen molar-refractivity contribution < 1.29 is 4.79 Å². The number of nitrogens with one attached hydrogen (secondary N) is 1. The summed E-state index contributed by atoms with van der Waals surface area (Å²) in [5.74, 6) is 0.879. The van der Waals surface area contributed by atoms with Gasteiger partial charge in [-0.1, -0.05) is 35.0 Å². The van der Waals surface area contributed by atoms with E-state index in [9.17, 15) is 4.79 Å². The molecule has 9 heteroatoms. The van der Waals surface area contributed by atoms with Gasteiger partial charge in [0.15, 0.2) is 11.0 Å². The first kappa shape index (κ1) is 18.3. The first-order valence-electron chi connectivity index (χ1n) is 8.35. The summed E-state index contributed by atoms with van der Waals surface area (Å²) in [5.41, 5.74) is 1.57. The third-order valence-corrected chi connectivity index (χ3v) is 5.66. The van der Waals surface area contributed by atoms with E-state index in [1.165, 1.54) is 11.8 Å². The number of aromatic nitrogens is 4. The number of benzene rings is 1. The summed E-state index contributed by atoms with van der Waals surface area (Å²) in [4.78, 5) is 16.2. The van der Waals surface area contributed by atoms with Gasteiger partial charge in [0.05, 0.1) is 21.5 Å². The summed E-state index contributed by atoms with van der Waals surface area (Å²) in [5, 5.41) is 13.1. The highest BCUT2D eigenvalue weighted by Gasteiger charge is 2.24. The highest BCUT2D eigenvalue weighted by molar-refractivity contribution is 7.99. The normalized spacial score (nSPS) is 13.6. The highest BCUT2D eigenvalue weighted by atomic mass is 35.5. The highest BCUT2D eigenvalue weighted by Crippen LogP contribution is 2.31. The van der Waals surface area contributed by atoms with Gasteiger partial charge in [0.25, 0.3) is 0 Å². The Kier molecular flexibility index (Phi) is 5.33. The Bertz CT molecular complexity index is 975. The van der Waals surface area contributed by atoms with Crippen molar-refractivity contribution in [1.29, 1.82) is 0 Å². The van der Waals surface area contributed by atoms with Crippen LogP contribution in [-0.2, 0) is 4.79 Å². The molecule has 0 bridgehead atoms. The maximum absolute atomic E-state index is 12.1. The molecule has 6 nitrogen and oxygen atoms in total. The Morgan fingerprint density at radius 3 is 2.78 bits per heavy atom. The van der Waals surface area contributed by atoms with Crippen LogP contribution in [0, 0.1) is 0 Å². The van der Waals surface area contributed by atoms with Crippen LogP contribution >= 0.6 is 35.0 Å². The van der Waals surface area contributed by atoms with E-state index < -0.39 is 0 Å². The van der Waals surface area contributed by atoms with Gasteiger partial charge in [0.2, 0.25) is 5.91 Å².